The summed E-state index contributed by atoms with van der Waals surface area (Å²) in [5, 5.41) is 3.22. The molecule has 1 aliphatic carbocycles. The van der Waals surface area contributed by atoms with Crippen molar-refractivity contribution in [1.82, 2.24) is 20.2 Å². The van der Waals surface area contributed by atoms with Crippen LogP contribution in [0.25, 0.3) is 0 Å². The molecule has 0 spiro atoms. The molecule has 24 heavy (non-hydrogen) atoms. The van der Waals surface area contributed by atoms with Crippen molar-refractivity contribution < 1.29 is 4.79 Å². The monoisotopic (exact) mass is 324 g/mol. The fraction of sp³-hybridized carbons (Fsp3) is 0.421. The Morgan fingerprint density at radius 3 is 2.96 bits per heavy atom. The molecular weight excluding hydrogens is 300 g/mol. The fourth-order valence-electron chi connectivity index (χ4n) is 3.34. The SMILES string of the molecule is CC1CCCc2ccccc2C1NC(=O)N(C)Cc1cnccn1. The van der Waals surface area contributed by atoms with Crippen LogP contribution in [0.15, 0.2) is 42.9 Å². The smallest absolute Gasteiger partial charge is 0.317 e. The lowest BCUT2D eigenvalue weighted by atomic mass is 9.92. The number of fused-ring (bicyclic) bond motifs is 1. The van der Waals surface area contributed by atoms with Crippen molar-refractivity contribution in [3.05, 3.63) is 59.7 Å². The number of aromatic nitrogens is 2. The van der Waals surface area contributed by atoms with E-state index < -0.39 is 0 Å². The van der Waals surface area contributed by atoms with Gasteiger partial charge in [0.1, 0.15) is 0 Å². The first kappa shape index (κ1) is 16.4. The van der Waals surface area contributed by atoms with Crippen LogP contribution in [0.2, 0.25) is 0 Å². The molecule has 0 bridgehead atoms. The van der Waals surface area contributed by atoms with Crippen molar-refractivity contribution in [1.29, 1.82) is 0 Å². The molecule has 1 N–H and O–H groups in total. The Morgan fingerprint density at radius 1 is 1.33 bits per heavy atom. The highest BCUT2D eigenvalue weighted by Crippen LogP contribution is 2.33. The highest BCUT2D eigenvalue weighted by molar-refractivity contribution is 5.74. The van der Waals surface area contributed by atoms with Gasteiger partial charge in [-0.05, 0) is 36.3 Å². The topological polar surface area (TPSA) is 58.1 Å². The second kappa shape index (κ2) is 7.43. The van der Waals surface area contributed by atoms with Crippen LogP contribution in [0, 0.1) is 5.92 Å². The van der Waals surface area contributed by atoms with Crippen molar-refractivity contribution in [2.24, 2.45) is 5.92 Å². The van der Waals surface area contributed by atoms with E-state index in [0.717, 1.165) is 18.5 Å². The van der Waals surface area contributed by atoms with Gasteiger partial charge < -0.3 is 10.2 Å². The van der Waals surface area contributed by atoms with Gasteiger partial charge in [0, 0.05) is 19.4 Å². The van der Waals surface area contributed by atoms with Crippen LogP contribution in [0.4, 0.5) is 4.79 Å². The molecule has 2 aromatic rings. The van der Waals surface area contributed by atoms with Gasteiger partial charge in [-0.15, -0.1) is 0 Å². The average Bonchev–Trinajstić information content (AvgIpc) is 2.75. The summed E-state index contributed by atoms with van der Waals surface area (Å²) >= 11 is 0. The zero-order chi connectivity index (χ0) is 16.9. The van der Waals surface area contributed by atoms with Gasteiger partial charge in [0.2, 0.25) is 0 Å². The molecule has 2 unspecified atom stereocenters. The first-order chi connectivity index (χ1) is 11.6. The standard InChI is InChI=1S/C19H24N4O/c1-14-6-5-8-15-7-3-4-9-17(15)18(14)22-19(24)23(2)13-16-12-20-10-11-21-16/h3-4,7,9-12,14,18H,5-6,8,13H2,1-2H3,(H,22,24). The lowest BCUT2D eigenvalue weighted by molar-refractivity contribution is 0.197. The Morgan fingerprint density at radius 2 is 2.17 bits per heavy atom. The quantitative estimate of drug-likeness (QED) is 0.881. The van der Waals surface area contributed by atoms with Crippen LogP contribution in [0.5, 0.6) is 0 Å². The fourth-order valence-corrected chi connectivity index (χ4v) is 3.34. The van der Waals surface area contributed by atoms with Crippen molar-refractivity contribution in [3.8, 4) is 0 Å². The zero-order valence-electron chi connectivity index (χ0n) is 14.3. The third-order valence-electron chi connectivity index (χ3n) is 4.71. The number of nitrogens with one attached hydrogen (secondary N) is 1. The van der Waals surface area contributed by atoms with Gasteiger partial charge in [0.15, 0.2) is 0 Å². The number of aryl methyl sites for hydroxylation is 1. The van der Waals surface area contributed by atoms with Crippen LogP contribution in [0.3, 0.4) is 0 Å². The van der Waals surface area contributed by atoms with Crippen molar-refractivity contribution in [2.75, 3.05) is 7.05 Å². The first-order valence-corrected chi connectivity index (χ1v) is 8.49. The Bertz CT molecular complexity index is 689. The summed E-state index contributed by atoms with van der Waals surface area (Å²) in [7, 11) is 1.79. The zero-order valence-corrected chi connectivity index (χ0v) is 14.3. The summed E-state index contributed by atoms with van der Waals surface area (Å²) in [5.74, 6) is 0.419. The maximum atomic E-state index is 12.6. The number of hydrogen-bond donors (Lipinski definition) is 1. The Hall–Kier alpha value is -2.43. The molecule has 0 aliphatic heterocycles. The number of amides is 2. The summed E-state index contributed by atoms with van der Waals surface area (Å²) in [6, 6.07) is 8.43. The number of nitrogens with zero attached hydrogens (tertiary/aromatic N) is 3. The van der Waals surface area contributed by atoms with E-state index in [-0.39, 0.29) is 12.1 Å². The third-order valence-corrected chi connectivity index (χ3v) is 4.71. The summed E-state index contributed by atoms with van der Waals surface area (Å²) in [4.78, 5) is 22.6. The summed E-state index contributed by atoms with van der Waals surface area (Å²) in [5.41, 5.74) is 3.39. The van der Waals surface area contributed by atoms with Gasteiger partial charge in [-0.25, -0.2) is 4.79 Å². The van der Waals surface area contributed by atoms with Crippen LogP contribution < -0.4 is 5.32 Å². The molecule has 0 radical (unpaired) electrons. The van der Waals surface area contributed by atoms with Gasteiger partial charge in [-0.3, -0.25) is 9.97 Å². The first-order valence-electron chi connectivity index (χ1n) is 8.49. The van der Waals surface area contributed by atoms with E-state index in [0.29, 0.717) is 12.5 Å². The van der Waals surface area contributed by atoms with E-state index in [4.69, 9.17) is 0 Å². The molecule has 3 rings (SSSR count). The minimum atomic E-state index is -0.0748. The second-order valence-electron chi connectivity index (χ2n) is 6.55. The minimum absolute atomic E-state index is 0.0560. The van der Waals surface area contributed by atoms with Gasteiger partial charge in [-0.1, -0.05) is 31.2 Å². The largest absolute Gasteiger partial charge is 0.331 e. The van der Waals surface area contributed by atoms with Crippen LogP contribution in [0.1, 0.15) is 42.6 Å². The second-order valence-corrected chi connectivity index (χ2v) is 6.55. The molecule has 2 atom stereocenters. The summed E-state index contributed by atoms with van der Waals surface area (Å²) in [6.45, 7) is 2.66. The summed E-state index contributed by atoms with van der Waals surface area (Å²) in [6.07, 6.45) is 8.33. The van der Waals surface area contributed by atoms with E-state index in [1.165, 1.54) is 17.5 Å². The predicted molar refractivity (Wildman–Crippen MR) is 93.3 cm³/mol. The van der Waals surface area contributed by atoms with Crippen molar-refractivity contribution in [2.45, 2.75) is 38.8 Å². The van der Waals surface area contributed by atoms with Crippen LogP contribution in [-0.4, -0.2) is 27.9 Å². The Labute approximate surface area is 143 Å². The molecule has 1 heterocycles. The highest BCUT2D eigenvalue weighted by atomic mass is 16.2. The predicted octanol–water partition coefficient (Wildman–Crippen LogP) is 3.33. The number of urea groups is 1. The highest BCUT2D eigenvalue weighted by Gasteiger charge is 2.27. The lowest BCUT2D eigenvalue weighted by Gasteiger charge is -2.27. The maximum absolute atomic E-state index is 12.6. The molecule has 126 valence electrons. The molecule has 0 fully saturated rings. The van der Waals surface area contributed by atoms with E-state index in [9.17, 15) is 4.79 Å². The number of benzene rings is 1. The molecule has 5 nitrogen and oxygen atoms in total. The number of hydrogen-bond acceptors (Lipinski definition) is 3. The normalized spacial score (nSPS) is 19.9. The van der Waals surface area contributed by atoms with Crippen LogP contribution >= 0.6 is 0 Å². The number of carbonyl (C=O) groups excluding carboxylic acids is 1. The van der Waals surface area contributed by atoms with Crippen molar-refractivity contribution >= 4 is 6.03 Å². The number of carbonyl (C=O) groups is 1. The third kappa shape index (κ3) is 3.72. The van der Waals surface area contributed by atoms with Gasteiger partial charge in [-0.2, -0.15) is 0 Å². The Kier molecular flexibility index (Phi) is 5.08. The van der Waals surface area contributed by atoms with Gasteiger partial charge in [0.05, 0.1) is 24.5 Å². The molecule has 2 amide bonds. The molecule has 1 aromatic heterocycles. The molecule has 5 heteroatoms. The minimum Gasteiger partial charge on any atom is -0.331 e. The number of rotatable bonds is 3. The van der Waals surface area contributed by atoms with E-state index in [2.05, 4.69) is 46.5 Å². The Balaban J connectivity index is 1.73. The lowest BCUT2D eigenvalue weighted by Crippen LogP contribution is -2.41. The van der Waals surface area contributed by atoms with Gasteiger partial charge in [0.25, 0.3) is 0 Å². The average molecular weight is 324 g/mol. The molecular formula is C19H24N4O. The van der Waals surface area contributed by atoms with E-state index in [1.54, 1.807) is 30.5 Å². The van der Waals surface area contributed by atoms with Crippen LogP contribution in [-0.2, 0) is 13.0 Å². The molecule has 0 saturated carbocycles. The molecule has 1 aliphatic rings. The van der Waals surface area contributed by atoms with Gasteiger partial charge >= 0.3 is 6.03 Å². The van der Waals surface area contributed by atoms with E-state index in [1.807, 2.05) is 0 Å². The maximum Gasteiger partial charge on any atom is 0.317 e. The summed E-state index contributed by atoms with van der Waals surface area (Å²) < 4.78 is 0. The molecule has 1 aromatic carbocycles. The van der Waals surface area contributed by atoms with Crippen molar-refractivity contribution in [3.63, 3.8) is 0 Å². The van der Waals surface area contributed by atoms with E-state index >= 15 is 0 Å². The molecule has 0 saturated heterocycles.